The van der Waals surface area contributed by atoms with Crippen LogP contribution in [0.4, 0.5) is 17.1 Å². The minimum Gasteiger partial charge on any atom is -0.456 e. The van der Waals surface area contributed by atoms with Crippen molar-refractivity contribution in [2.75, 3.05) is 55.5 Å². The predicted molar refractivity (Wildman–Crippen MR) is 151 cm³/mol. The summed E-state index contributed by atoms with van der Waals surface area (Å²) in [5.74, 6) is 1.63. The Labute approximate surface area is 221 Å². The molecule has 2 N–H and O–H groups in total. The zero-order valence-electron chi connectivity index (χ0n) is 21.7. The average Bonchev–Trinajstić information content (AvgIpc) is 2.95. The molecule has 2 aliphatic heterocycles. The molecule has 8 heteroatoms. The lowest BCUT2D eigenvalue weighted by Crippen LogP contribution is -2.36. The number of hydrogen-bond acceptors (Lipinski definition) is 7. The molecule has 8 nitrogen and oxygen atoms in total. The van der Waals surface area contributed by atoms with E-state index in [-0.39, 0.29) is 5.56 Å². The van der Waals surface area contributed by atoms with Crippen molar-refractivity contribution in [3.63, 3.8) is 0 Å². The normalized spacial score (nSPS) is 14.3. The molecule has 0 radical (unpaired) electrons. The molecule has 4 heterocycles. The molecule has 1 fully saturated rings. The smallest absolute Gasteiger partial charge is 0.250 e. The lowest BCUT2D eigenvalue weighted by Gasteiger charge is -2.29. The summed E-state index contributed by atoms with van der Waals surface area (Å²) in [5.41, 5.74) is 7.86. The van der Waals surface area contributed by atoms with Gasteiger partial charge in [0.15, 0.2) is 0 Å². The van der Waals surface area contributed by atoms with E-state index in [2.05, 4.69) is 38.4 Å². The highest BCUT2D eigenvalue weighted by Gasteiger charge is 2.22. The van der Waals surface area contributed by atoms with Gasteiger partial charge < -0.3 is 29.6 Å². The van der Waals surface area contributed by atoms with E-state index >= 15 is 0 Å². The van der Waals surface area contributed by atoms with E-state index in [1.807, 2.05) is 61.7 Å². The molecule has 1 saturated heterocycles. The zero-order chi connectivity index (χ0) is 26.1. The molecule has 0 spiro atoms. The molecule has 0 amide bonds. The molecule has 194 valence electrons. The van der Waals surface area contributed by atoms with Gasteiger partial charge in [0.2, 0.25) is 5.56 Å². The van der Waals surface area contributed by atoms with E-state index in [1.165, 1.54) is 0 Å². The van der Waals surface area contributed by atoms with Crippen molar-refractivity contribution in [2.45, 2.75) is 13.0 Å². The Morgan fingerprint density at radius 3 is 2.74 bits per heavy atom. The van der Waals surface area contributed by atoms with Crippen LogP contribution in [0.2, 0.25) is 0 Å². The Morgan fingerprint density at radius 2 is 1.89 bits per heavy atom. The van der Waals surface area contributed by atoms with Crippen LogP contribution < -0.4 is 25.4 Å². The van der Waals surface area contributed by atoms with Gasteiger partial charge in [-0.05, 0) is 47.5 Å². The maximum Gasteiger partial charge on any atom is 0.250 e. The minimum absolute atomic E-state index is 0.125. The van der Waals surface area contributed by atoms with Gasteiger partial charge in [0.05, 0.1) is 30.8 Å². The van der Waals surface area contributed by atoms with Gasteiger partial charge in [0.1, 0.15) is 11.5 Å². The van der Waals surface area contributed by atoms with Crippen molar-refractivity contribution in [1.82, 2.24) is 9.97 Å². The number of para-hydroxylation sites is 1. The molecular weight excluding hydrogens is 478 g/mol. The standard InChI is InChI=1S/C30H31N5O3/c1-34(2)25-12-20(17-31-19-25)18-32-23-6-7-28-22(14-23)13-21-4-3-5-26(30(21)38-28)27-15-24(16-29(36)33-27)35-8-10-37-11-9-35/h3-7,12,14-17,19,32H,8-11,13,18H2,1-2H3,(H,33,36). The Balaban J connectivity index is 1.24. The zero-order valence-corrected chi connectivity index (χ0v) is 21.7. The SMILES string of the molecule is CN(C)c1cncc(CNc2ccc3c(c2)Cc2cccc(-c4cc(N5CCOCC5)cc(=O)[nH]4)c2O3)c1. The lowest BCUT2D eigenvalue weighted by molar-refractivity contribution is 0.122. The van der Waals surface area contributed by atoms with Crippen LogP contribution in [-0.4, -0.2) is 50.4 Å². The van der Waals surface area contributed by atoms with E-state index in [4.69, 9.17) is 9.47 Å². The van der Waals surface area contributed by atoms with Crippen molar-refractivity contribution >= 4 is 17.1 Å². The molecule has 38 heavy (non-hydrogen) atoms. The second kappa shape index (κ2) is 10.2. The number of nitrogens with one attached hydrogen (secondary N) is 2. The van der Waals surface area contributed by atoms with Crippen LogP contribution in [0, 0.1) is 0 Å². The Kier molecular flexibility index (Phi) is 6.47. The maximum absolute atomic E-state index is 12.6. The molecule has 0 saturated carbocycles. The molecule has 0 unspecified atom stereocenters. The van der Waals surface area contributed by atoms with Gasteiger partial charge >= 0.3 is 0 Å². The number of aromatic nitrogens is 2. The van der Waals surface area contributed by atoms with E-state index in [0.29, 0.717) is 19.8 Å². The lowest BCUT2D eigenvalue weighted by atomic mass is 9.96. The Morgan fingerprint density at radius 1 is 1.03 bits per heavy atom. The number of pyridine rings is 2. The number of morpholine rings is 1. The van der Waals surface area contributed by atoms with Crippen LogP contribution in [0.25, 0.3) is 11.3 Å². The first kappa shape index (κ1) is 24.1. The number of aromatic amines is 1. The van der Waals surface area contributed by atoms with Gasteiger partial charge in [-0.15, -0.1) is 0 Å². The third-order valence-corrected chi connectivity index (χ3v) is 7.04. The second-order valence-electron chi connectivity index (χ2n) is 9.91. The predicted octanol–water partition coefficient (Wildman–Crippen LogP) is 4.65. The minimum atomic E-state index is -0.125. The van der Waals surface area contributed by atoms with Gasteiger partial charge in [0, 0.05) is 74.9 Å². The highest BCUT2D eigenvalue weighted by atomic mass is 16.5. The number of benzene rings is 2. The van der Waals surface area contributed by atoms with Gasteiger partial charge in [-0.25, -0.2) is 0 Å². The molecule has 2 aromatic carbocycles. The van der Waals surface area contributed by atoms with Gasteiger partial charge in [0.25, 0.3) is 0 Å². The number of rotatable bonds is 6. The molecule has 2 aromatic heterocycles. The van der Waals surface area contributed by atoms with E-state index in [1.54, 1.807) is 6.07 Å². The van der Waals surface area contributed by atoms with Crippen molar-refractivity contribution in [1.29, 1.82) is 0 Å². The van der Waals surface area contributed by atoms with Crippen LogP contribution in [-0.2, 0) is 17.7 Å². The summed E-state index contributed by atoms with van der Waals surface area (Å²) < 4.78 is 11.9. The summed E-state index contributed by atoms with van der Waals surface area (Å²) in [6.07, 6.45) is 4.50. The fourth-order valence-corrected chi connectivity index (χ4v) is 5.00. The highest BCUT2D eigenvalue weighted by Crippen LogP contribution is 2.43. The third kappa shape index (κ3) is 4.95. The van der Waals surface area contributed by atoms with Gasteiger partial charge in [-0.2, -0.15) is 0 Å². The number of H-pyrrole nitrogens is 1. The summed E-state index contributed by atoms with van der Waals surface area (Å²) in [5, 5.41) is 3.51. The summed E-state index contributed by atoms with van der Waals surface area (Å²) in [6, 6.07) is 18.1. The van der Waals surface area contributed by atoms with Crippen molar-refractivity contribution in [3.8, 4) is 22.8 Å². The van der Waals surface area contributed by atoms with Crippen LogP contribution in [0.15, 0.2) is 71.8 Å². The summed E-state index contributed by atoms with van der Waals surface area (Å²) >= 11 is 0. The number of hydrogen-bond donors (Lipinski definition) is 2. The van der Waals surface area contributed by atoms with Crippen LogP contribution in [0.1, 0.15) is 16.7 Å². The number of fused-ring (bicyclic) bond motifs is 2. The monoisotopic (exact) mass is 509 g/mol. The van der Waals surface area contributed by atoms with E-state index in [0.717, 1.165) is 76.0 Å². The summed E-state index contributed by atoms with van der Waals surface area (Å²) in [6.45, 7) is 3.56. The number of ether oxygens (including phenoxy) is 2. The van der Waals surface area contributed by atoms with Gasteiger partial charge in [-0.3, -0.25) is 9.78 Å². The van der Waals surface area contributed by atoms with Crippen LogP contribution in [0.5, 0.6) is 11.5 Å². The van der Waals surface area contributed by atoms with E-state index in [9.17, 15) is 4.79 Å². The third-order valence-electron chi connectivity index (χ3n) is 7.04. The fraction of sp³-hybridized carbons (Fsp3) is 0.267. The van der Waals surface area contributed by atoms with Crippen LogP contribution >= 0.6 is 0 Å². The van der Waals surface area contributed by atoms with Gasteiger partial charge in [-0.1, -0.05) is 12.1 Å². The van der Waals surface area contributed by atoms with E-state index < -0.39 is 0 Å². The summed E-state index contributed by atoms with van der Waals surface area (Å²) in [4.78, 5) is 24.2. The first-order chi connectivity index (χ1) is 18.5. The fourth-order valence-electron chi connectivity index (χ4n) is 5.00. The molecule has 0 aliphatic carbocycles. The largest absolute Gasteiger partial charge is 0.456 e. The first-order valence-corrected chi connectivity index (χ1v) is 12.9. The van der Waals surface area contributed by atoms with Crippen molar-refractivity contribution in [2.24, 2.45) is 0 Å². The topological polar surface area (TPSA) is 82.7 Å². The summed E-state index contributed by atoms with van der Waals surface area (Å²) in [7, 11) is 4.03. The van der Waals surface area contributed by atoms with Crippen molar-refractivity contribution in [3.05, 3.63) is 94.0 Å². The second-order valence-corrected chi connectivity index (χ2v) is 9.91. The van der Waals surface area contributed by atoms with Crippen LogP contribution in [0.3, 0.4) is 0 Å². The average molecular weight is 510 g/mol. The maximum atomic E-state index is 12.6. The highest BCUT2D eigenvalue weighted by molar-refractivity contribution is 5.74. The van der Waals surface area contributed by atoms with Crippen molar-refractivity contribution < 1.29 is 9.47 Å². The molecule has 6 rings (SSSR count). The first-order valence-electron chi connectivity index (χ1n) is 12.9. The quantitative estimate of drug-likeness (QED) is 0.345. The molecular formula is C30H31N5O3. The molecule has 4 aromatic rings. The Bertz CT molecular complexity index is 1520. The Hall–Kier alpha value is -4.30. The molecule has 0 bridgehead atoms. The molecule has 0 atom stereocenters. The number of anilines is 3. The number of nitrogens with zero attached hydrogens (tertiary/aromatic N) is 3. The molecule has 2 aliphatic rings.